The highest BCUT2D eigenvalue weighted by atomic mass is 32.2. The fraction of sp³-hybridized carbons (Fsp3) is 0.200. The summed E-state index contributed by atoms with van der Waals surface area (Å²) >= 11 is 2.01. The minimum Gasteiger partial charge on any atom is -0.468 e. The van der Waals surface area contributed by atoms with Crippen LogP contribution in [0.2, 0.25) is 0 Å². The van der Waals surface area contributed by atoms with Gasteiger partial charge in [-0.25, -0.2) is 8.42 Å². The van der Waals surface area contributed by atoms with Crippen LogP contribution in [0.4, 0.5) is 0 Å². The summed E-state index contributed by atoms with van der Waals surface area (Å²) in [6.07, 6.45) is 1.08. The summed E-state index contributed by atoms with van der Waals surface area (Å²) in [5.74, 6) is -0.586. The Bertz CT molecular complexity index is 1280. The first kappa shape index (κ1) is 19.7. The molecule has 3 rings (SSSR count). The number of esters is 1. The van der Waals surface area contributed by atoms with Gasteiger partial charge in [-0.1, -0.05) is 17.4 Å². The Hall–Kier alpha value is -2.02. The maximum atomic E-state index is 12.5. The van der Waals surface area contributed by atoms with Crippen molar-refractivity contribution in [3.8, 4) is 0 Å². The van der Waals surface area contributed by atoms with Gasteiger partial charge in [-0.2, -0.15) is 8.42 Å². The number of carbonyl (C=O) groups is 1. The highest BCUT2D eigenvalue weighted by Gasteiger charge is 2.18. The van der Waals surface area contributed by atoms with Gasteiger partial charge in [0.05, 0.1) is 22.2 Å². The van der Waals surface area contributed by atoms with Crippen molar-refractivity contribution in [3.63, 3.8) is 0 Å². The van der Waals surface area contributed by atoms with E-state index in [1.54, 1.807) is 11.4 Å². The third-order valence-corrected chi connectivity index (χ3v) is 8.45. The summed E-state index contributed by atoms with van der Waals surface area (Å²) in [7, 11) is -6.18. The molecule has 0 radical (unpaired) electrons. The molecule has 0 aliphatic heterocycles. The average molecular weight is 447 g/mol. The first-order valence-electron chi connectivity index (χ1n) is 7.36. The smallest absolute Gasteiger partial charge is 0.325 e. The van der Waals surface area contributed by atoms with Crippen LogP contribution < -0.4 is 4.80 Å². The second-order valence-electron chi connectivity index (χ2n) is 5.45. The van der Waals surface area contributed by atoms with Crippen LogP contribution in [0.1, 0.15) is 0 Å². The molecule has 12 heteroatoms. The fourth-order valence-electron chi connectivity index (χ4n) is 2.26. The van der Waals surface area contributed by atoms with Crippen molar-refractivity contribution in [1.29, 1.82) is 0 Å². The first-order valence-corrected chi connectivity index (χ1v) is 12.4. The Morgan fingerprint density at radius 2 is 1.96 bits per heavy atom. The second kappa shape index (κ2) is 7.19. The van der Waals surface area contributed by atoms with Gasteiger partial charge in [0, 0.05) is 6.26 Å². The lowest BCUT2D eigenvalue weighted by molar-refractivity contribution is -0.141. The first-order chi connectivity index (χ1) is 12.6. The number of hydrogen-bond donors (Lipinski definition) is 0. The Morgan fingerprint density at radius 1 is 1.22 bits per heavy atom. The summed E-state index contributed by atoms with van der Waals surface area (Å²) in [4.78, 5) is 11.9. The second-order valence-corrected chi connectivity index (χ2v) is 11.3. The van der Waals surface area contributed by atoms with Gasteiger partial charge in [-0.05, 0) is 29.6 Å². The highest BCUT2D eigenvalue weighted by molar-refractivity contribution is 7.92. The lowest BCUT2D eigenvalue weighted by Gasteiger charge is -2.04. The minimum absolute atomic E-state index is 0.0504. The molecular formula is C15H14N2O6S4. The Balaban J connectivity index is 2.28. The molecule has 144 valence electrons. The number of carbonyl (C=O) groups excluding carboxylic acids is 1. The van der Waals surface area contributed by atoms with Gasteiger partial charge in [-0.15, -0.1) is 15.7 Å². The van der Waals surface area contributed by atoms with Gasteiger partial charge in [-0.3, -0.25) is 4.79 Å². The van der Waals surface area contributed by atoms with Crippen molar-refractivity contribution in [2.24, 2.45) is 4.40 Å². The van der Waals surface area contributed by atoms with E-state index in [9.17, 15) is 21.6 Å². The minimum atomic E-state index is -3.96. The zero-order chi connectivity index (χ0) is 19.8. The van der Waals surface area contributed by atoms with Crippen LogP contribution in [-0.2, 0) is 35.9 Å². The van der Waals surface area contributed by atoms with Crippen molar-refractivity contribution < 1.29 is 26.4 Å². The fourth-order valence-corrected chi connectivity index (χ4v) is 6.22. The molecule has 0 atom stereocenters. The predicted octanol–water partition coefficient (Wildman–Crippen LogP) is 1.63. The van der Waals surface area contributed by atoms with Gasteiger partial charge in [0.15, 0.2) is 9.84 Å². The number of thiophene rings is 1. The topological polar surface area (TPSA) is 112 Å². The highest BCUT2D eigenvalue weighted by Crippen LogP contribution is 2.23. The van der Waals surface area contributed by atoms with Crippen LogP contribution in [-0.4, -0.2) is 40.7 Å². The van der Waals surface area contributed by atoms with Crippen molar-refractivity contribution in [3.05, 3.63) is 40.5 Å². The van der Waals surface area contributed by atoms with E-state index in [0.29, 0.717) is 10.2 Å². The number of thiazole rings is 1. The van der Waals surface area contributed by atoms with Gasteiger partial charge in [0.1, 0.15) is 10.8 Å². The lowest BCUT2D eigenvalue weighted by atomic mass is 10.3. The molecule has 27 heavy (non-hydrogen) atoms. The maximum Gasteiger partial charge on any atom is 0.325 e. The summed E-state index contributed by atoms with van der Waals surface area (Å²) in [6, 6.07) is 7.37. The summed E-state index contributed by atoms with van der Waals surface area (Å²) < 4.78 is 59.0. The molecule has 8 nitrogen and oxygen atoms in total. The monoisotopic (exact) mass is 446 g/mol. The largest absolute Gasteiger partial charge is 0.468 e. The number of hydrogen-bond acceptors (Lipinski definition) is 8. The normalized spacial score (nSPS) is 13.2. The van der Waals surface area contributed by atoms with Crippen LogP contribution in [0, 0.1) is 0 Å². The third kappa shape index (κ3) is 4.13. The molecule has 1 aromatic carbocycles. The molecule has 0 bridgehead atoms. The number of benzene rings is 1. The number of sulfonamides is 1. The van der Waals surface area contributed by atoms with E-state index < -0.39 is 25.8 Å². The van der Waals surface area contributed by atoms with Crippen LogP contribution in [0.25, 0.3) is 10.2 Å². The molecule has 0 unspecified atom stereocenters. The quantitative estimate of drug-likeness (QED) is 0.551. The molecule has 2 heterocycles. The lowest BCUT2D eigenvalue weighted by Crippen LogP contribution is -2.22. The van der Waals surface area contributed by atoms with E-state index in [4.69, 9.17) is 0 Å². The van der Waals surface area contributed by atoms with Crippen LogP contribution in [0.15, 0.2) is 49.2 Å². The van der Waals surface area contributed by atoms with Crippen LogP contribution in [0.5, 0.6) is 0 Å². The number of nitrogens with zero attached hydrogens (tertiary/aromatic N) is 2. The van der Waals surface area contributed by atoms with Crippen LogP contribution >= 0.6 is 22.7 Å². The van der Waals surface area contributed by atoms with Gasteiger partial charge < -0.3 is 9.30 Å². The molecular weight excluding hydrogens is 432 g/mol. The average Bonchev–Trinajstić information content (AvgIpc) is 3.22. The van der Waals surface area contributed by atoms with E-state index in [-0.39, 0.29) is 20.5 Å². The molecule has 0 fully saturated rings. The van der Waals surface area contributed by atoms with Crippen molar-refractivity contribution >= 4 is 58.7 Å². The number of methoxy groups -OCH3 is 1. The Labute approximate surface area is 163 Å². The zero-order valence-electron chi connectivity index (χ0n) is 14.1. The number of ether oxygens (including phenoxy) is 1. The maximum absolute atomic E-state index is 12.5. The molecule has 0 N–H and O–H groups in total. The van der Waals surface area contributed by atoms with Crippen LogP contribution in [0.3, 0.4) is 0 Å². The molecule has 0 aliphatic carbocycles. The Morgan fingerprint density at radius 3 is 2.56 bits per heavy atom. The zero-order valence-corrected chi connectivity index (χ0v) is 17.4. The third-order valence-electron chi connectivity index (χ3n) is 3.54. The van der Waals surface area contributed by atoms with Crippen molar-refractivity contribution in [2.45, 2.75) is 15.6 Å². The van der Waals surface area contributed by atoms with Crippen molar-refractivity contribution in [1.82, 2.24) is 4.57 Å². The predicted molar refractivity (Wildman–Crippen MR) is 102 cm³/mol. The number of rotatable bonds is 5. The molecule has 0 saturated carbocycles. The van der Waals surface area contributed by atoms with E-state index in [0.717, 1.165) is 28.9 Å². The standard InChI is InChI=1S/C15H14N2O6S4/c1-23-13(18)9-17-11-6-5-10(26(2,19)20)8-12(11)25-15(17)16-27(21,22)14-4-3-7-24-14/h3-8H,9H2,1-2H3. The van der Waals surface area contributed by atoms with E-state index in [1.165, 1.54) is 35.9 Å². The van der Waals surface area contributed by atoms with E-state index >= 15 is 0 Å². The van der Waals surface area contributed by atoms with Gasteiger partial charge in [0.2, 0.25) is 4.80 Å². The van der Waals surface area contributed by atoms with Gasteiger partial charge in [0.25, 0.3) is 10.0 Å². The molecule has 0 aliphatic rings. The SMILES string of the molecule is COC(=O)Cn1c(=NS(=O)(=O)c2cccs2)sc2cc(S(C)(=O)=O)ccc21. The Kier molecular flexibility index (Phi) is 5.25. The molecule has 0 spiro atoms. The number of aromatic nitrogens is 1. The van der Waals surface area contributed by atoms with E-state index in [2.05, 4.69) is 9.13 Å². The molecule has 2 aromatic heterocycles. The van der Waals surface area contributed by atoms with Gasteiger partial charge >= 0.3 is 5.97 Å². The summed E-state index contributed by atoms with van der Waals surface area (Å²) in [6.45, 7) is -0.256. The molecule has 0 saturated heterocycles. The van der Waals surface area contributed by atoms with E-state index in [1.807, 2.05) is 0 Å². The summed E-state index contributed by atoms with van der Waals surface area (Å²) in [5, 5.41) is 1.62. The number of sulfone groups is 1. The molecule has 0 amide bonds. The molecule has 3 aromatic rings. The number of fused-ring (bicyclic) bond motifs is 1. The summed E-state index contributed by atoms with van der Waals surface area (Å²) in [5.41, 5.74) is 0.484. The van der Waals surface area contributed by atoms with Crippen molar-refractivity contribution in [2.75, 3.05) is 13.4 Å².